The van der Waals surface area contributed by atoms with Gasteiger partial charge in [0.15, 0.2) is 0 Å². The molecule has 0 aliphatic carbocycles. The second-order valence-electron chi connectivity index (χ2n) is 6.34. The molecule has 0 aliphatic heterocycles. The van der Waals surface area contributed by atoms with Gasteiger partial charge in [0.25, 0.3) is 0 Å². The molecule has 1 amide bonds. The van der Waals surface area contributed by atoms with Crippen LogP contribution < -0.4 is 10.6 Å². The normalized spacial score (nSPS) is 14.5. The van der Waals surface area contributed by atoms with Crippen LogP contribution in [0.3, 0.4) is 0 Å². The molecule has 21 heavy (non-hydrogen) atoms. The number of amides is 1. The Balaban J connectivity index is 2.32. The van der Waals surface area contributed by atoms with Crippen molar-refractivity contribution in [1.29, 1.82) is 0 Å². The van der Waals surface area contributed by atoms with Crippen LogP contribution in [-0.2, 0) is 11.2 Å². The Hall–Kier alpha value is -1.49. The first kappa shape index (κ1) is 17.6. The molecule has 0 aliphatic rings. The molecule has 0 fully saturated rings. The number of alkyl carbamates (subject to hydrolysis) is 1. The summed E-state index contributed by atoms with van der Waals surface area (Å²) in [6.45, 7) is 10.3. The van der Waals surface area contributed by atoms with Crippen molar-refractivity contribution in [3.8, 4) is 0 Å². The largest absolute Gasteiger partial charge is 0.469 e. The summed E-state index contributed by atoms with van der Waals surface area (Å²) in [5.41, 5.74) is -0.466. The fraction of sp³-hybridized carbons (Fsp3) is 0.688. The predicted molar refractivity (Wildman–Crippen MR) is 83.3 cm³/mol. The Kier molecular flexibility index (Phi) is 6.75. The molecule has 1 rings (SSSR count). The molecule has 1 heterocycles. The number of hydrogen-bond donors (Lipinski definition) is 2. The lowest BCUT2D eigenvalue weighted by Crippen LogP contribution is -2.45. The monoisotopic (exact) mass is 296 g/mol. The van der Waals surface area contributed by atoms with Crippen molar-refractivity contribution < 1.29 is 13.9 Å². The second-order valence-corrected chi connectivity index (χ2v) is 6.34. The van der Waals surface area contributed by atoms with Gasteiger partial charge in [0.2, 0.25) is 0 Å². The maximum Gasteiger partial charge on any atom is 0.407 e. The van der Waals surface area contributed by atoms with E-state index in [1.54, 1.807) is 6.26 Å². The summed E-state index contributed by atoms with van der Waals surface area (Å²) < 4.78 is 10.6. The van der Waals surface area contributed by atoms with Crippen LogP contribution in [0, 0.1) is 0 Å². The van der Waals surface area contributed by atoms with Crippen molar-refractivity contribution in [3.63, 3.8) is 0 Å². The van der Waals surface area contributed by atoms with Gasteiger partial charge in [0.05, 0.1) is 6.26 Å². The molecule has 120 valence electrons. The van der Waals surface area contributed by atoms with Crippen LogP contribution in [0.1, 0.15) is 46.8 Å². The van der Waals surface area contributed by atoms with Crippen LogP contribution in [0.4, 0.5) is 4.79 Å². The molecule has 0 aromatic carbocycles. The summed E-state index contributed by atoms with van der Waals surface area (Å²) in [7, 11) is 0. The van der Waals surface area contributed by atoms with Gasteiger partial charge in [-0.3, -0.25) is 0 Å². The van der Waals surface area contributed by atoms with Gasteiger partial charge in [0.1, 0.15) is 11.4 Å². The number of nitrogens with one attached hydrogen (secondary N) is 2. The molecular formula is C16H28N2O3. The van der Waals surface area contributed by atoms with Crippen LogP contribution in [-0.4, -0.2) is 30.3 Å². The third kappa shape index (κ3) is 7.75. The highest BCUT2D eigenvalue weighted by atomic mass is 16.6. The van der Waals surface area contributed by atoms with E-state index in [2.05, 4.69) is 24.5 Å². The minimum atomic E-state index is -0.466. The van der Waals surface area contributed by atoms with Gasteiger partial charge in [-0.1, -0.05) is 6.92 Å². The zero-order chi connectivity index (χ0) is 15.9. The summed E-state index contributed by atoms with van der Waals surface area (Å²) in [5, 5.41) is 6.30. The molecule has 0 radical (unpaired) electrons. The van der Waals surface area contributed by atoms with Crippen molar-refractivity contribution in [2.45, 2.75) is 65.1 Å². The number of furan rings is 1. The molecule has 0 saturated carbocycles. The lowest BCUT2D eigenvalue weighted by Gasteiger charge is -2.24. The van der Waals surface area contributed by atoms with E-state index in [4.69, 9.17) is 9.15 Å². The third-order valence-electron chi connectivity index (χ3n) is 2.99. The van der Waals surface area contributed by atoms with E-state index in [0.29, 0.717) is 6.54 Å². The molecule has 0 saturated heterocycles. The second kappa shape index (κ2) is 8.08. The highest BCUT2D eigenvalue weighted by Gasteiger charge is 2.18. The van der Waals surface area contributed by atoms with Crippen LogP contribution in [0.5, 0.6) is 0 Å². The maximum atomic E-state index is 11.6. The van der Waals surface area contributed by atoms with Gasteiger partial charge < -0.3 is 19.8 Å². The number of ether oxygens (including phenoxy) is 1. The van der Waals surface area contributed by atoms with Crippen molar-refractivity contribution in [3.05, 3.63) is 24.2 Å². The van der Waals surface area contributed by atoms with Crippen LogP contribution >= 0.6 is 0 Å². The number of rotatable bonds is 7. The SMILES string of the molecule is CCC(CNC(=O)OC(C)(C)C)NC(C)Cc1ccco1. The first-order valence-corrected chi connectivity index (χ1v) is 7.55. The Bertz CT molecular complexity index is 410. The van der Waals surface area contributed by atoms with Crippen molar-refractivity contribution in [2.24, 2.45) is 0 Å². The Labute approximate surface area is 127 Å². The highest BCUT2D eigenvalue weighted by Crippen LogP contribution is 2.07. The van der Waals surface area contributed by atoms with Crippen LogP contribution in [0.15, 0.2) is 22.8 Å². The molecule has 2 N–H and O–H groups in total. The maximum absolute atomic E-state index is 11.6. The predicted octanol–water partition coefficient (Wildman–Crippen LogP) is 3.10. The Morgan fingerprint density at radius 2 is 2.14 bits per heavy atom. The molecule has 1 aromatic rings. The van der Waals surface area contributed by atoms with Crippen LogP contribution in [0.2, 0.25) is 0 Å². The first-order valence-electron chi connectivity index (χ1n) is 7.55. The minimum Gasteiger partial charge on any atom is -0.469 e. The number of carbonyl (C=O) groups is 1. The van der Waals surface area contributed by atoms with Gasteiger partial charge >= 0.3 is 6.09 Å². The van der Waals surface area contributed by atoms with Gasteiger partial charge in [-0.15, -0.1) is 0 Å². The van der Waals surface area contributed by atoms with Crippen molar-refractivity contribution in [2.75, 3.05) is 6.54 Å². The topological polar surface area (TPSA) is 63.5 Å². The zero-order valence-electron chi connectivity index (χ0n) is 13.7. The van der Waals surface area contributed by atoms with Crippen molar-refractivity contribution in [1.82, 2.24) is 10.6 Å². The quantitative estimate of drug-likeness (QED) is 0.811. The van der Waals surface area contributed by atoms with Gasteiger partial charge in [0, 0.05) is 25.0 Å². The smallest absolute Gasteiger partial charge is 0.407 e. The molecule has 1 aromatic heterocycles. The highest BCUT2D eigenvalue weighted by molar-refractivity contribution is 5.67. The Morgan fingerprint density at radius 1 is 1.43 bits per heavy atom. The van der Waals surface area contributed by atoms with Gasteiger partial charge in [-0.2, -0.15) is 0 Å². The van der Waals surface area contributed by atoms with E-state index in [-0.39, 0.29) is 18.2 Å². The van der Waals surface area contributed by atoms with Gasteiger partial charge in [-0.05, 0) is 46.2 Å². The van der Waals surface area contributed by atoms with E-state index in [1.165, 1.54) is 0 Å². The number of hydrogen-bond acceptors (Lipinski definition) is 4. The summed E-state index contributed by atoms with van der Waals surface area (Å²) in [6.07, 6.45) is 3.07. The lowest BCUT2D eigenvalue weighted by atomic mass is 10.1. The molecule has 5 heteroatoms. The standard InChI is InChI=1S/C16H28N2O3/c1-6-13(11-17-15(19)21-16(3,4)5)18-12(2)10-14-8-7-9-20-14/h7-9,12-13,18H,6,10-11H2,1-5H3,(H,17,19). The first-order chi connectivity index (χ1) is 9.80. The van der Waals surface area contributed by atoms with E-state index in [9.17, 15) is 4.79 Å². The molecular weight excluding hydrogens is 268 g/mol. The summed E-state index contributed by atoms with van der Waals surface area (Å²) in [6, 6.07) is 4.35. The fourth-order valence-electron chi connectivity index (χ4n) is 2.03. The molecule has 5 nitrogen and oxygen atoms in total. The fourth-order valence-corrected chi connectivity index (χ4v) is 2.03. The van der Waals surface area contributed by atoms with E-state index < -0.39 is 5.60 Å². The molecule has 0 bridgehead atoms. The summed E-state index contributed by atoms with van der Waals surface area (Å²) in [5.74, 6) is 0.963. The molecule has 2 unspecified atom stereocenters. The average Bonchev–Trinajstić information content (AvgIpc) is 2.84. The van der Waals surface area contributed by atoms with Crippen LogP contribution in [0.25, 0.3) is 0 Å². The Morgan fingerprint density at radius 3 is 2.67 bits per heavy atom. The van der Waals surface area contributed by atoms with E-state index >= 15 is 0 Å². The minimum absolute atomic E-state index is 0.211. The average molecular weight is 296 g/mol. The van der Waals surface area contributed by atoms with Gasteiger partial charge in [-0.25, -0.2) is 4.79 Å². The molecule has 2 atom stereocenters. The zero-order valence-corrected chi connectivity index (χ0v) is 13.7. The number of carbonyl (C=O) groups excluding carboxylic acids is 1. The summed E-state index contributed by atoms with van der Waals surface area (Å²) >= 11 is 0. The van der Waals surface area contributed by atoms with E-state index in [0.717, 1.165) is 18.6 Å². The van der Waals surface area contributed by atoms with E-state index in [1.807, 2.05) is 32.9 Å². The molecule has 0 spiro atoms. The third-order valence-corrected chi connectivity index (χ3v) is 2.99. The lowest BCUT2D eigenvalue weighted by molar-refractivity contribution is 0.0521. The summed E-state index contributed by atoms with van der Waals surface area (Å²) in [4.78, 5) is 11.6. The van der Waals surface area contributed by atoms with Crippen molar-refractivity contribution >= 4 is 6.09 Å².